The Balaban J connectivity index is 1.60. The van der Waals surface area contributed by atoms with E-state index in [2.05, 4.69) is 10.1 Å². The number of hydrogen-bond donors (Lipinski definition) is 0. The molecular weight excluding hydrogens is 438 g/mol. The lowest BCUT2D eigenvalue weighted by molar-refractivity contribution is -0.153. The van der Waals surface area contributed by atoms with E-state index in [1.807, 2.05) is 17.9 Å². The van der Waals surface area contributed by atoms with E-state index in [0.717, 1.165) is 19.6 Å². The monoisotopic (exact) mass is 467 g/mol. The van der Waals surface area contributed by atoms with Crippen molar-refractivity contribution in [3.05, 3.63) is 59.9 Å². The molecule has 0 spiro atoms. The van der Waals surface area contributed by atoms with Crippen molar-refractivity contribution in [2.45, 2.75) is 25.4 Å². The Hall–Kier alpha value is -2.81. The highest BCUT2D eigenvalue weighted by molar-refractivity contribution is 5.88. The lowest BCUT2D eigenvalue weighted by atomic mass is 9.91. The van der Waals surface area contributed by atoms with E-state index in [1.54, 1.807) is 36.4 Å². The Labute approximate surface area is 191 Å². The van der Waals surface area contributed by atoms with Gasteiger partial charge in [0.05, 0.1) is 11.4 Å². The van der Waals surface area contributed by atoms with E-state index >= 15 is 0 Å². The third-order valence-corrected chi connectivity index (χ3v) is 5.72. The van der Waals surface area contributed by atoms with E-state index in [1.165, 1.54) is 13.2 Å². The third-order valence-electron chi connectivity index (χ3n) is 5.72. The van der Waals surface area contributed by atoms with Crippen LogP contribution in [0.4, 0.5) is 23.2 Å². The molecule has 1 saturated heterocycles. The van der Waals surface area contributed by atoms with Crippen LogP contribution in [-0.4, -0.2) is 63.2 Å². The number of halogens is 4. The number of benzene rings is 2. The first-order chi connectivity index (χ1) is 15.8. The first-order valence-corrected chi connectivity index (χ1v) is 10.9. The number of oxime groups is 1. The fourth-order valence-corrected chi connectivity index (χ4v) is 4.08. The normalized spacial score (nSPS) is 16.5. The van der Waals surface area contributed by atoms with Crippen LogP contribution in [0.5, 0.6) is 5.75 Å². The highest BCUT2D eigenvalue weighted by Crippen LogP contribution is 2.31. The fourth-order valence-electron chi connectivity index (χ4n) is 4.08. The van der Waals surface area contributed by atoms with Crippen LogP contribution in [0, 0.1) is 5.82 Å². The van der Waals surface area contributed by atoms with E-state index in [-0.39, 0.29) is 17.5 Å². The molecule has 0 radical (unpaired) electrons. The second kappa shape index (κ2) is 11.4. The quantitative estimate of drug-likeness (QED) is 0.293. The molecule has 9 heteroatoms. The zero-order chi connectivity index (χ0) is 23.8. The molecule has 0 N–H and O–H groups in total. The molecule has 33 heavy (non-hydrogen) atoms. The molecule has 2 aromatic rings. The van der Waals surface area contributed by atoms with Crippen molar-refractivity contribution < 1.29 is 27.1 Å². The molecule has 1 fully saturated rings. The summed E-state index contributed by atoms with van der Waals surface area (Å²) in [5.41, 5.74) is 1.95. The van der Waals surface area contributed by atoms with Gasteiger partial charge in [0.1, 0.15) is 18.7 Å². The molecule has 1 aliphatic rings. The van der Waals surface area contributed by atoms with Crippen LogP contribution in [0.3, 0.4) is 0 Å². The van der Waals surface area contributed by atoms with Crippen molar-refractivity contribution in [3.63, 3.8) is 0 Å². The van der Waals surface area contributed by atoms with Gasteiger partial charge in [-0.15, -0.1) is 0 Å². The molecule has 180 valence electrons. The van der Waals surface area contributed by atoms with Gasteiger partial charge in [-0.2, -0.15) is 13.2 Å². The molecule has 5 nitrogen and oxygen atoms in total. The smallest absolute Gasteiger partial charge is 0.422 e. The van der Waals surface area contributed by atoms with Crippen LogP contribution in [-0.2, 0) is 4.84 Å². The zero-order valence-electron chi connectivity index (χ0n) is 18.8. The summed E-state index contributed by atoms with van der Waals surface area (Å²) in [5.74, 6) is -0.247. The second-order valence-corrected chi connectivity index (χ2v) is 7.98. The molecule has 2 aromatic carbocycles. The first-order valence-electron chi connectivity index (χ1n) is 10.9. The van der Waals surface area contributed by atoms with Gasteiger partial charge in [0.15, 0.2) is 6.61 Å². The Morgan fingerprint density at radius 1 is 1.03 bits per heavy atom. The maximum absolute atomic E-state index is 14.4. The summed E-state index contributed by atoms with van der Waals surface area (Å²) in [7, 11) is 1.47. The minimum atomic E-state index is -4.38. The summed E-state index contributed by atoms with van der Waals surface area (Å²) in [6, 6.07) is 13.5. The SMILES string of the molecule is CON=C(C)C(CCN1CCN(c2ccccc2OCC(F)(F)F)CC1)c1ccccc1F. The van der Waals surface area contributed by atoms with Gasteiger partial charge >= 0.3 is 6.18 Å². The number of para-hydroxylation sites is 2. The Kier molecular flexibility index (Phi) is 8.55. The lowest BCUT2D eigenvalue weighted by Gasteiger charge is -2.37. The molecule has 1 atom stereocenters. The van der Waals surface area contributed by atoms with Crippen molar-refractivity contribution in [3.8, 4) is 5.75 Å². The first kappa shape index (κ1) is 24.8. The number of rotatable bonds is 9. The maximum Gasteiger partial charge on any atom is 0.422 e. The molecular formula is C24H29F4N3O2. The van der Waals surface area contributed by atoms with Gasteiger partial charge in [-0.3, -0.25) is 4.90 Å². The maximum atomic E-state index is 14.4. The van der Waals surface area contributed by atoms with Crippen LogP contribution in [0.25, 0.3) is 0 Å². The van der Waals surface area contributed by atoms with Gasteiger partial charge in [0.25, 0.3) is 0 Å². The Morgan fingerprint density at radius 3 is 2.36 bits per heavy atom. The van der Waals surface area contributed by atoms with Crippen molar-refractivity contribution in [1.82, 2.24) is 4.90 Å². The summed E-state index contributed by atoms with van der Waals surface area (Å²) < 4.78 is 57.2. The summed E-state index contributed by atoms with van der Waals surface area (Å²) in [6.45, 7) is 4.02. The highest BCUT2D eigenvalue weighted by atomic mass is 19.4. The fraction of sp³-hybridized carbons (Fsp3) is 0.458. The van der Waals surface area contributed by atoms with E-state index in [9.17, 15) is 17.6 Å². The number of nitrogens with zero attached hydrogens (tertiary/aromatic N) is 3. The predicted molar refractivity (Wildman–Crippen MR) is 121 cm³/mol. The number of ether oxygens (including phenoxy) is 1. The highest BCUT2D eigenvalue weighted by Gasteiger charge is 2.29. The van der Waals surface area contributed by atoms with Crippen molar-refractivity contribution in [1.29, 1.82) is 0 Å². The Morgan fingerprint density at radius 2 is 1.70 bits per heavy atom. The second-order valence-electron chi connectivity index (χ2n) is 7.98. The van der Waals surface area contributed by atoms with Gasteiger partial charge in [-0.1, -0.05) is 35.5 Å². The standard InChI is InChI=1S/C24H29F4N3O2/c1-18(29-32-2)19(20-7-3-4-8-21(20)25)11-12-30-13-15-31(16-14-30)22-9-5-6-10-23(22)33-17-24(26,27)28/h3-10,19H,11-17H2,1-2H3. The minimum Gasteiger partial charge on any atom is -0.482 e. The summed E-state index contributed by atoms with van der Waals surface area (Å²) in [6.07, 6.45) is -3.71. The number of piperazine rings is 1. The van der Waals surface area contributed by atoms with Crippen LogP contribution in [0.2, 0.25) is 0 Å². The minimum absolute atomic E-state index is 0.208. The average Bonchev–Trinajstić information content (AvgIpc) is 2.79. The molecule has 1 aliphatic heterocycles. The molecule has 1 unspecified atom stereocenters. The van der Waals surface area contributed by atoms with Crippen LogP contribution < -0.4 is 9.64 Å². The summed E-state index contributed by atoms with van der Waals surface area (Å²) >= 11 is 0. The van der Waals surface area contributed by atoms with Crippen molar-refractivity contribution in [2.24, 2.45) is 5.16 Å². The number of hydrogen-bond acceptors (Lipinski definition) is 5. The van der Waals surface area contributed by atoms with Crippen LogP contribution >= 0.6 is 0 Å². The van der Waals surface area contributed by atoms with Crippen LogP contribution in [0.15, 0.2) is 53.7 Å². The third kappa shape index (κ3) is 7.08. The van der Waals surface area contributed by atoms with Crippen molar-refractivity contribution >= 4 is 11.4 Å². The molecule has 0 aromatic heterocycles. The van der Waals surface area contributed by atoms with Gasteiger partial charge < -0.3 is 14.5 Å². The molecule has 0 aliphatic carbocycles. The number of anilines is 1. The van der Waals surface area contributed by atoms with Gasteiger partial charge in [0.2, 0.25) is 0 Å². The summed E-state index contributed by atoms with van der Waals surface area (Å²) in [5, 5.41) is 4.03. The number of alkyl halides is 3. The molecule has 0 saturated carbocycles. The zero-order valence-corrected chi connectivity index (χ0v) is 18.8. The molecule has 1 heterocycles. The lowest BCUT2D eigenvalue weighted by Crippen LogP contribution is -2.47. The Bertz CT molecular complexity index is 928. The van der Waals surface area contributed by atoms with Gasteiger partial charge in [0, 0.05) is 32.1 Å². The topological polar surface area (TPSA) is 37.3 Å². The molecule has 3 rings (SSSR count). The largest absolute Gasteiger partial charge is 0.482 e. The molecule has 0 bridgehead atoms. The molecule has 0 amide bonds. The summed E-state index contributed by atoms with van der Waals surface area (Å²) in [4.78, 5) is 9.22. The van der Waals surface area contributed by atoms with E-state index in [4.69, 9.17) is 9.57 Å². The predicted octanol–water partition coefficient (Wildman–Crippen LogP) is 5.09. The van der Waals surface area contributed by atoms with Crippen LogP contribution in [0.1, 0.15) is 24.8 Å². The van der Waals surface area contributed by atoms with E-state index in [0.29, 0.717) is 36.5 Å². The van der Waals surface area contributed by atoms with Gasteiger partial charge in [-0.05, 0) is 43.7 Å². The van der Waals surface area contributed by atoms with Crippen molar-refractivity contribution in [2.75, 3.05) is 51.3 Å². The van der Waals surface area contributed by atoms with Gasteiger partial charge in [-0.25, -0.2) is 4.39 Å². The van der Waals surface area contributed by atoms with E-state index < -0.39 is 12.8 Å². The average molecular weight is 468 g/mol.